The first kappa shape index (κ1) is 13.5. The molecule has 1 N–H and O–H groups in total. The second-order valence-electron chi connectivity index (χ2n) is 3.91. The van der Waals surface area contributed by atoms with Gasteiger partial charge in [-0.15, -0.1) is 0 Å². The highest BCUT2D eigenvalue weighted by molar-refractivity contribution is 9.10. The molecule has 0 aliphatic carbocycles. The summed E-state index contributed by atoms with van der Waals surface area (Å²) in [5, 5.41) is 11.4. The molecule has 0 radical (unpaired) electrons. The number of rotatable bonds is 3. The number of phenolic OH excluding ortho intramolecular Hbond substituents is 1. The van der Waals surface area contributed by atoms with Crippen LogP contribution in [0.3, 0.4) is 0 Å². The van der Waals surface area contributed by atoms with Gasteiger partial charge in [0, 0.05) is 4.47 Å². The van der Waals surface area contributed by atoms with Gasteiger partial charge in [-0.1, -0.05) is 22.0 Å². The average molecular weight is 323 g/mol. The molecule has 0 saturated carbocycles. The second kappa shape index (κ2) is 5.40. The van der Waals surface area contributed by atoms with E-state index in [2.05, 4.69) is 20.7 Å². The van der Waals surface area contributed by atoms with Gasteiger partial charge < -0.3 is 9.84 Å². The van der Waals surface area contributed by atoms with Gasteiger partial charge in [-0.3, -0.25) is 4.79 Å². The first-order chi connectivity index (χ1) is 9.02. The van der Waals surface area contributed by atoms with Crippen LogP contribution in [0.4, 0.5) is 0 Å². The molecule has 0 aliphatic rings. The number of esters is 1. The van der Waals surface area contributed by atoms with Crippen LogP contribution in [0.2, 0.25) is 0 Å². The van der Waals surface area contributed by atoms with Gasteiger partial charge in [-0.05, 0) is 42.0 Å². The van der Waals surface area contributed by atoms with Crippen molar-refractivity contribution in [2.24, 2.45) is 0 Å². The van der Waals surface area contributed by atoms with Gasteiger partial charge in [0.25, 0.3) is 5.78 Å². The van der Waals surface area contributed by atoms with E-state index in [1.165, 1.54) is 12.1 Å². The summed E-state index contributed by atoms with van der Waals surface area (Å²) >= 11 is 3.33. The number of aromatic hydroxyl groups is 1. The van der Waals surface area contributed by atoms with Crippen molar-refractivity contribution in [1.82, 2.24) is 0 Å². The molecule has 0 fully saturated rings. The highest BCUT2D eigenvalue weighted by Crippen LogP contribution is 2.27. The van der Waals surface area contributed by atoms with E-state index in [4.69, 9.17) is 0 Å². The second-order valence-corrected chi connectivity index (χ2v) is 4.83. The number of fused-ring (bicyclic) bond motifs is 1. The molecule has 0 spiro atoms. The highest BCUT2D eigenvalue weighted by Gasteiger charge is 2.21. The summed E-state index contributed by atoms with van der Waals surface area (Å²) in [7, 11) is 0. The zero-order chi connectivity index (χ0) is 14.0. The quantitative estimate of drug-likeness (QED) is 0.536. The molecule has 5 heteroatoms. The Hall–Kier alpha value is -1.88. The van der Waals surface area contributed by atoms with E-state index in [0.717, 1.165) is 15.2 Å². The maximum absolute atomic E-state index is 11.8. The minimum Gasteiger partial charge on any atom is -0.507 e. The molecule has 2 aromatic rings. The van der Waals surface area contributed by atoms with Gasteiger partial charge in [-0.2, -0.15) is 0 Å². The number of benzene rings is 2. The number of hydrogen-bond acceptors (Lipinski definition) is 4. The van der Waals surface area contributed by atoms with E-state index < -0.39 is 11.8 Å². The Morgan fingerprint density at radius 3 is 2.63 bits per heavy atom. The van der Waals surface area contributed by atoms with Crippen LogP contribution in [0.1, 0.15) is 17.3 Å². The van der Waals surface area contributed by atoms with Gasteiger partial charge >= 0.3 is 5.97 Å². The van der Waals surface area contributed by atoms with Crippen LogP contribution >= 0.6 is 15.9 Å². The van der Waals surface area contributed by atoms with Crippen LogP contribution in [0, 0.1) is 0 Å². The lowest BCUT2D eigenvalue weighted by molar-refractivity contribution is -0.137. The summed E-state index contributed by atoms with van der Waals surface area (Å²) < 4.78 is 5.49. The summed E-state index contributed by atoms with van der Waals surface area (Å²) in [6.07, 6.45) is 0. The number of phenols is 1. The fraction of sp³-hybridized carbons (Fsp3) is 0.143. The van der Waals surface area contributed by atoms with Gasteiger partial charge in [-0.25, -0.2) is 4.79 Å². The fourth-order valence-electron chi connectivity index (χ4n) is 1.75. The minimum absolute atomic E-state index is 0.0518. The summed E-state index contributed by atoms with van der Waals surface area (Å²) in [5.74, 6) is -2.04. The van der Waals surface area contributed by atoms with Crippen molar-refractivity contribution in [3.63, 3.8) is 0 Å². The van der Waals surface area contributed by atoms with Gasteiger partial charge in [0.1, 0.15) is 5.75 Å². The molecule has 19 heavy (non-hydrogen) atoms. The van der Waals surface area contributed by atoms with Gasteiger partial charge in [0.15, 0.2) is 0 Å². The largest absolute Gasteiger partial charge is 0.507 e. The summed E-state index contributed by atoms with van der Waals surface area (Å²) in [6.45, 7) is 1.73. The summed E-state index contributed by atoms with van der Waals surface area (Å²) in [5.41, 5.74) is -0.0518. The third kappa shape index (κ3) is 2.76. The van der Waals surface area contributed by atoms with E-state index in [-0.39, 0.29) is 17.9 Å². The minimum atomic E-state index is -0.966. The van der Waals surface area contributed by atoms with Crippen LogP contribution in [-0.2, 0) is 9.53 Å². The SMILES string of the molecule is CCOC(=O)C(=O)c1cc2cc(Br)ccc2cc1O. The predicted octanol–water partition coefficient (Wildman–Crippen LogP) is 3.05. The topological polar surface area (TPSA) is 63.6 Å². The lowest BCUT2D eigenvalue weighted by atomic mass is 10.0. The molecule has 0 saturated heterocycles. The first-order valence-electron chi connectivity index (χ1n) is 5.66. The lowest BCUT2D eigenvalue weighted by Crippen LogP contribution is -2.17. The van der Waals surface area contributed by atoms with E-state index in [0.29, 0.717) is 0 Å². The molecule has 0 amide bonds. The fourth-order valence-corrected chi connectivity index (χ4v) is 2.12. The number of hydrogen-bond donors (Lipinski definition) is 1. The molecular formula is C14H11BrO4. The molecule has 4 nitrogen and oxygen atoms in total. The Bertz CT molecular complexity index is 664. The molecular weight excluding hydrogens is 312 g/mol. The molecule has 0 aromatic heterocycles. The van der Waals surface area contributed by atoms with Gasteiger partial charge in [0.2, 0.25) is 0 Å². The lowest BCUT2D eigenvalue weighted by Gasteiger charge is -2.06. The van der Waals surface area contributed by atoms with Crippen LogP contribution in [-0.4, -0.2) is 23.5 Å². The molecule has 0 aliphatic heterocycles. The van der Waals surface area contributed by atoms with Crippen LogP contribution in [0.25, 0.3) is 10.8 Å². The van der Waals surface area contributed by atoms with Crippen molar-refractivity contribution in [3.05, 3.63) is 40.4 Å². The van der Waals surface area contributed by atoms with E-state index >= 15 is 0 Å². The molecule has 0 unspecified atom stereocenters. The standard InChI is InChI=1S/C14H11BrO4/c1-2-19-14(18)13(17)11-6-9-5-10(15)4-3-8(9)7-12(11)16/h3-7,16H,2H2,1H3. The number of carbonyl (C=O) groups excluding carboxylic acids is 2. The Balaban J connectivity index is 2.51. The Labute approximate surface area is 118 Å². The Kier molecular flexibility index (Phi) is 3.85. The van der Waals surface area contributed by atoms with E-state index in [1.807, 2.05) is 6.07 Å². The number of ether oxygens (including phenoxy) is 1. The summed E-state index contributed by atoms with van der Waals surface area (Å²) in [6, 6.07) is 8.37. The maximum atomic E-state index is 11.8. The van der Waals surface area contributed by atoms with Crippen molar-refractivity contribution in [2.75, 3.05) is 6.61 Å². The van der Waals surface area contributed by atoms with Crippen molar-refractivity contribution in [1.29, 1.82) is 0 Å². The molecule has 98 valence electrons. The third-order valence-corrected chi connectivity index (χ3v) is 3.12. The predicted molar refractivity (Wildman–Crippen MR) is 74.3 cm³/mol. The van der Waals surface area contributed by atoms with E-state index in [1.54, 1.807) is 19.1 Å². The van der Waals surface area contributed by atoms with Crippen molar-refractivity contribution >= 4 is 38.5 Å². The number of halogens is 1. The molecule has 0 bridgehead atoms. The average Bonchev–Trinajstić information content (AvgIpc) is 2.38. The van der Waals surface area contributed by atoms with Crippen molar-refractivity contribution in [2.45, 2.75) is 6.92 Å². The van der Waals surface area contributed by atoms with Crippen LogP contribution in [0.5, 0.6) is 5.75 Å². The van der Waals surface area contributed by atoms with Gasteiger partial charge in [0.05, 0.1) is 12.2 Å². The molecule has 0 heterocycles. The third-order valence-electron chi connectivity index (χ3n) is 2.62. The number of carbonyl (C=O) groups is 2. The Morgan fingerprint density at radius 1 is 1.21 bits per heavy atom. The highest BCUT2D eigenvalue weighted by atomic mass is 79.9. The van der Waals surface area contributed by atoms with Crippen LogP contribution in [0.15, 0.2) is 34.8 Å². The summed E-state index contributed by atoms with van der Waals surface area (Å²) in [4.78, 5) is 23.2. The number of Topliss-reactive ketones (excluding diaryl/α,β-unsaturated/α-hetero) is 1. The Morgan fingerprint density at radius 2 is 1.95 bits per heavy atom. The number of ketones is 1. The van der Waals surface area contributed by atoms with Crippen molar-refractivity contribution < 1.29 is 19.4 Å². The molecule has 2 rings (SSSR count). The maximum Gasteiger partial charge on any atom is 0.379 e. The monoisotopic (exact) mass is 322 g/mol. The smallest absolute Gasteiger partial charge is 0.379 e. The first-order valence-corrected chi connectivity index (χ1v) is 6.46. The zero-order valence-electron chi connectivity index (χ0n) is 10.1. The normalized spacial score (nSPS) is 10.4. The van der Waals surface area contributed by atoms with Crippen LogP contribution < -0.4 is 0 Å². The molecule has 2 aromatic carbocycles. The zero-order valence-corrected chi connectivity index (χ0v) is 11.7. The van der Waals surface area contributed by atoms with E-state index in [9.17, 15) is 14.7 Å². The molecule has 0 atom stereocenters. The van der Waals surface area contributed by atoms with Crippen molar-refractivity contribution in [3.8, 4) is 5.75 Å².